The Bertz CT molecular complexity index is 612. The molecule has 0 spiro atoms. The van der Waals surface area contributed by atoms with E-state index in [1.165, 1.54) is 77.0 Å². The van der Waals surface area contributed by atoms with Crippen molar-refractivity contribution < 1.29 is 24.1 Å². The van der Waals surface area contributed by atoms with Crippen LogP contribution in [0, 0.1) is 0 Å². The van der Waals surface area contributed by atoms with Crippen LogP contribution >= 0.6 is 0 Å². The fourth-order valence-electron chi connectivity index (χ4n) is 5.65. The summed E-state index contributed by atoms with van der Waals surface area (Å²) in [4.78, 5) is 15.0. The molecule has 0 radical (unpaired) electrons. The fraction of sp³-hybridized carbons (Fsp3) is 0.893. The maximum atomic E-state index is 12.9. The number of hydrogen-bond donors (Lipinski definition) is 1. The van der Waals surface area contributed by atoms with E-state index in [0.29, 0.717) is 6.61 Å². The molecule has 196 valence electrons. The van der Waals surface area contributed by atoms with Gasteiger partial charge in [-0.05, 0) is 25.7 Å². The molecule has 3 aliphatic rings. The van der Waals surface area contributed by atoms with Gasteiger partial charge in [0.25, 0.3) is 0 Å². The molecule has 5 unspecified atom stereocenters. The number of carbonyl (C=O) groups excluding carboxylic acids is 1. The van der Waals surface area contributed by atoms with E-state index in [0.717, 1.165) is 37.9 Å². The smallest absolute Gasteiger partial charge is 0.329 e. The highest BCUT2D eigenvalue weighted by molar-refractivity contribution is 5.76. The molecule has 34 heavy (non-hydrogen) atoms. The van der Waals surface area contributed by atoms with Gasteiger partial charge in [0.05, 0.1) is 13.2 Å². The van der Waals surface area contributed by atoms with Crippen LogP contribution in [0.5, 0.6) is 0 Å². The quantitative estimate of drug-likeness (QED) is 0.219. The minimum atomic E-state index is -0.628. The van der Waals surface area contributed by atoms with Gasteiger partial charge in [0.1, 0.15) is 24.4 Å². The fourth-order valence-corrected chi connectivity index (χ4v) is 5.65. The highest BCUT2D eigenvalue weighted by Crippen LogP contribution is 2.31. The van der Waals surface area contributed by atoms with E-state index < -0.39 is 12.2 Å². The van der Waals surface area contributed by atoms with Crippen LogP contribution in [0.2, 0.25) is 0 Å². The average Bonchev–Trinajstić information content (AvgIpc) is 3.56. The van der Waals surface area contributed by atoms with Gasteiger partial charge in [-0.15, -0.1) is 0 Å². The summed E-state index contributed by atoms with van der Waals surface area (Å²) in [7, 11) is 0. The largest absolute Gasteiger partial charge is 0.455 e. The van der Waals surface area contributed by atoms with Gasteiger partial charge in [-0.1, -0.05) is 90.6 Å². The molecule has 0 amide bonds. The number of ether oxygens (including phenoxy) is 3. The van der Waals surface area contributed by atoms with Gasteiger partial charge in [-0.2, -0.15) is 0 Å². The monoisotopic (exact) mass is 479 g/mol. The molecule has 3 fully saturated rings. The number of hydrogen-bond acceptors (Lipinski definition) is 6. The van der Waals surface area contributed by atoms with Gasteiger partial charge in [0, 0.05) is 12.2 Å². The average molecular weight is 480 g/mol. The minimum absolute atomic E-state index is 0.205. The number of rotatable bonds is 17. The number of carbonyl (C=O) groups is 1. The molecular formula is C28H49NO5. The van der Waals surface area contributed by atoms with Crippen molar-refractivity contribution in [3.8, 4) is 0 Å². The summed E-state index contributed by atoms with van der Waals surface area (Å²) in [5, 5.41) is 9.89. The third-order valence-corrected chi connectivity index (χ3v) is 7.75. The van der Waals surface area contributed by atoms with Crippen molar-refractivity contribution in [3.63, 3.8) is 0 Å². The molecule has 6 nitrogen and oxygen atoms in total. The van der Waals surface area contributed by atoms with Crippen molar-refractivity contribution in [3.05, 3.63) is 12.3 Å². The number of aliphatic hydroxyl groups is 1. The van der Waals surface area contributed by atoms with Crippen LogP contribution in [0.15, 0.2) is 12.3 Å². The summed E-state index contributed by atoms with van der Waals surface area (Å²) in [5.74, 6) is -0.205. The predicted molar refractivity (Wildman–Crippen MR) is 135 cm³/mol. The number of likely N-dealkylation sites (tertiary alicyclic amines) is 1. The number of unbranched alkanes of at least 4 members (excludes halogenated alkanes) is 12. The molecule has 1 N–H and O–H groups in total. The minimum Gasteiger partial charge on any atom is -0.455 e. The summed E-state index contributed by atoms with van der Waals surface area (Å²) >= 11 is 0. The van der Waals surface area contributed by atoms with E-state index in [9.17, 15) is 9.90 Å². The van der Waals surface area contributed by atoms with Crippen molar-refractivity contribution >= 4 is 5.97 Å². The van der Waals surface area contributed by atoms with E-state index in [-0.39, 0.29) is 30.8 Å². The first-order chi connectivity index (χ1) is 16.6. The SMILES string of the molecule is C=C(CCCCCCCCCCCCCCC)N1CCCC1C(=O)OC1COC2C(O)COC12. The standard InChI is InChI=1S/C28H49NO5/c1-3-4-5-6-7-8-9-10-11-12-13-14-15-17-22(2)29-19-16-18-23(29)28(31)34-25-21-33-26-24(30)20-32-27(25)26/h23-27,30H,2-21H2,1H3. The predicted octanol–water partition coefficient (Wildman–Crippen LogP) is 5.52. The molecule has 0 saturated carbocycles. The van der Waals surface area contributed by atoms with Crippen LogP contribution in [0.25, 0.3) is 0 Å². The van der Waals surface area contributed by atoms with Crippen molar-refractivity contribution in [2.75, 3.05) is 19.8 Å². The number of aliphatic hydroxyl groups excluding tert-OH is 1. The summed E-state index contributed by atoms with van der Waals surface area (Å²) < 4.78 is 17.0. The third-order valence-electron chi connectivity index (χ3n) is 7.75. The first-order valence-corrected chi connectivity index (χ1v) is 14.2. The Morgan fingerprint density at radius 3 is 2.15 bits per heavy atom. The summed E-state index contributed by atoms with van der Waals surface area (Å²) in [5.41, 5.74) is 1.07. The van der Waals surface area contributed by atoms with E-state index in [4.69, 9.17) is 14.2 Å². The van der Waals surface area contributed by atoms with E-state index in [1.54, 1.807) is 0 Å². The zero-order valence-corrected chi connectivity index (χ0v) is 21.6. The van der Waals surface area contributed by atoms with Gasteiger partial charge in [0.15, 0.2) is 6.10 Å². The Kier molecular flexibility index (Phi) is 12.2. The molecule has 0 aromatic rings. The zero-order valence-electron chi connectivity index (χ0n) is 21.6. The van der Waals surface area contributed by atoms with Crippen molar-refractivity contribution in [2.45, 2.75) is 140 Å². The molecule has 0 aromatic carbocycles. The van der Waals surface area contributed by atoms with Gasteiger partial charge in [-0.3, -0.25) is 0 Å². The second-order valence-electron chi connectivity index (χ2n) is 10.5. The van der Waals surface area contributed by atoms with Gasteiger partial charge < -0.3 is 24.2 Å². The summed E-state index contributed by atoms with van der Waals surface area (Å²) in [6.45, 7) is 7.98. The van der Waals surface area contributed by atoms with Gasteiger partial charge >= 0.3 is 5.97 Å². The maximum absolute atomic E-state index is 12.9. The maximum Gasteiger partial charge on any atom is 0.329 e. The van der Waals surface area contributed by atoms with E-state index in [2.05, 4.69) is 18.4 Å². The lowest BCUT2D eigenvalue weighted by molar-refractivity contribution is -0.158. The molecule has 6 heteroatoms. The number of nitrogens with zero attached hydrogens (tertiary/aromatic N) is 1. The highest BCUT2D eigenvalue weighted by atomic mass is 16.6. The Morgan fingerprint density at radius 2 is 1.50 bits per heavy atom. The first-order valence-electron chi connectivity index (χ1n) is 14.2. The van der Waals surface area contributed by atoms with Crippen LogP contribution in [-0.2, 0) is 19.0 Å². The van der Waals surface area contributed by atoms with Crippen LogP contribution < -0.4 is 0 Å². The third kappa shape index (κ3) is 8.23. The van der Waals surface area contributed by atoms with Crippen molar-refractivity contribution in [2.24, 2.45) is 0 Å². The zero-order chi connectivity index (χ0) is 24.2. The lowest BCUT2D eigenvalue weighted by Gasteiger charge is -2.28. The van der Waals surface area contributed by atoms with Crippen LogP contribution in [0.4, 0.5) is 0 Å². The Balaban J connectivity index is 1.23. The number of esters is 1. The van der Waals surface area contributed by atoms with Gasteiger partial charge in [-0.25, -0.2) is 4.79 Å². The number of allylic oxidation sites excluding steroid dienone is 1. The topological polar surface area (TPSA) is 68.2 Å². The Morgan fingerprint density at radius 1 is 0.912 bits per heavy atom. The lowest BCUT2D eigenvalue weighted by Crippen LogP contribution is -2.41. The van der Waals surface area contributed by atoms with Crippen molar-refractivity contribution in [1.29, 1.82) is 0 Å². The molecule has 0 bridgehead atoms. The molecule has 3 saturated heterocycles. The molecule has 3 heterocycles. The van der Waals surface area contributed by atoms with Crippen LogP contribution in [0.3, 0.4) is 0 Å². The Hall–Kier alpha value is -1.11. The highest BCUT2D eigenvalue weighted by Gasteiger charge is 2.49. The van der Waals surface area contributed by atoms with Gasteiger partial charge in [0.2, 0.25) is 0 Å². The van der Waals surface area contributed by atoms with Crippen LogP contribution in [-0.4, -0.2) is 66.2 Å². The van der Waals surface area contributed by atoms with Crippen LogP contribution in [0.1, 0.15) is 110 Å². The summed E-state index contributed by atoms with van der Waals surface area (Å²) in [6.07, 6.45) is 18.5. The second-order valence-corrected chi connectivity index (χ2v) is 10.5. The summed E-state index contributed by atoms with van der Waals surface area (Å²) in [6, 6.07) is -0.250. The second kappa shape index (κ2) is 15.1. The molecule has 3 rings (SSSR count). The molecule has 5 atom stereocenters. The van der Waals surface area contributed by atoms with E-state index >= 15 is 0 Å². The first kappa shape index (κ1) is 27.5. The molecule has 0 aliphatic carbocycles. The Labute approximate surface area is 207 Å². The molecule has 3 aliphatic heterocycles. The van der Waals surface area contributed by atoms with Crippen molar-refractivity contribution in [1.82, 2.24) is 4.90 Å². The molecular weight excluding hydrogens is 430 g/mol. The lowest BCUT2D eigenvalue weighted by atomic mass is 10.0. The number of fused-ring (bicyclic) bond motifs is 1. The normalized spacial score (nSPS) is 28.4. The molecule has 0 aromatic heterocycles. The van der Waals surface area contributed by atoms with E-state index in [1.807, 2.05) is 0 Å².